The first-order valence-electron chi connectivity index (χ1n) is 11.1. The summed E-state index contributed by atoms with van der Waals surface area (Å²) in [5.41, 5.74) is 0. The van der Waals surface area contributed by atoms with E-state index in [0.717, 1.165) is 32.4 Å². The van der Waals surface area contributed by atoms with Crippen LogP contribution in [0.2, 0.25) is 0 Å². The highest BCUT2D eigenvalue weighted by atomic mass is 16.2. The third-order valence-electron chi connectivity index (χ3n) is 5.04. The van der Waals surface area contributed by atoms with E-state index in [9.17, 15) is 4.79 Å². The molecule has 0 N–H and O–H groups in total. The molecule has 0 aromatic carbocycles. The molecule has 1 aliphatic rings. The summed E-state index contributed by atoms with van der Waals surface area (Å²) in [6.07, 6.45) is 30.6. The van der Waals surface area contributed by atoms with E-state index in [0.29, 0.717) is 0 Å². The molecule has 148 valence electrons. The Balaban J connectivity index is 1.82. The van der Waals surface area contributed by atoms with Gasteiger partial charge in [0.25, 0.3) is 0 Å². The van der Waals surface area contributed by atoms with Crippen molar-refractivity contribution in [3.8, 4) is 0 Å². The van der Waals surface area contributed by atoms with E-state index >= 15 is 0 Å². The van der Waals surface area contributed by atoms with Gasteiger partial charge in [-0.25, -0.2) is 0 Å². The third kappa shape index (κ3) is 13.0. The van der Waals surface area contributed by atoms with Crippen molar-refractivity contribution in [3.63, 3.8) is 0 Å². The molecular formula is C24H41NO. The van der Waals surface area contributed by atoms with Crippen molar-refractivity contribution in [3.05, 3.63) is 36.5 Å². The number of amides is 1. The summed E-state index contributed by atoms with van der Waals surface area (Å²) in [6, 6.07) is 0. The molecule has 26 heavy (non-hydrogen) atoms. The minimum atomic E-state index is 0.170. The van der Waals surface area contributed by atoms with Gasteiger partial charge in [0.1, 0.15) is 0 Å². The second-order valence-electron chi connectivity index (χ2n) is 7.49. The fourth-order valence-electron chi connectivity index (χ4n) is 3.32. The first-order chi connectivity index (χ1) is 12.8. The predicted octanol–water partition coefficient (Wildman–Crippen LogP) is 6.98. The van der Waals surface area contributed by atoms with Gasteiger partial charge in [-0.2, -0.15) is 0 Å². The SMILES string of the molecule is CCCC/C=C\CCCCCCCCC/C=C/C=C/C(=O)N1CCCC1. The lowest BCUT2D eigenvalue weighted by Crippen LogP contribution is -2.25. The molecule has 0 aliphatic carbocycles. The molecular weight excluding hydrogens is 318 g/mol. The molecule has 0 aromatic heterocycles. The van der Waals surface area contributed by atoms with Crippen molar-refractivity contribution in [2.24, 2.45) is 0 Å². The number of nitrogens with zero attached hydrogens (tertiary/aromatic N) is 1. The van der Waals surface area contributed by atoms with E-state index < -0.39 is 0 Å². The van der Waals surface area contributed by atoms with Crippen LogP contribution in [0.25, 0.3) is 0 Å². The van der Waals surface area contributed by atoms with Crippen molar-refractivity contribution in [1.29, 1.82) is 0 Å². The second kappa shape index (κ2) is 17.1. The van der Waals surface area contributed by atoms with Gasteiger partial charge in [0.15, 0.2) is 0 Å². The quantitative estimate of drug-likeness (QED) is 0.134. The summed E-state index contributed by atoms with van der Waals surface area (Å²) in [5, 5.41) is 0. The molecule has 0 atom stereocenters. The van der Waals surface area contributed by atoms with Crippen LogP contribution in [0.5, 0.6) is 0 Å². The lowest BCUT2D eigenvalue weighted by atomic mass is 10.1. The van der Waals surface area contributed by atoms with Crippen LogP contribution in [0, 0.1) is 0 Å². The van der Waals surface area contributed by atoms with Gasteiger partial charge in [0.05, 0.1) is 0 Å². The number of likely N-dealkylation sites (tertiary alicyclic amines) is 1. The smallest absolute Gasteiger partial charge is 0.246 e. The van der Waals surface area contributed by atoms with Crippen molar-refractivity contribution < 1.29 is 4.79 Å². The maximum absolute atomic E-state index is 11.8. The molecule has 1 rings (SSSR count). The summed E-state index contributed by atoms with van der Waals surface area (Å²) in [6.45, 7) is 4.12. The molecule has 1 aliphatic heterocycles. The normalized spacial score (nSPS) is 15.2. The van der Waals surface area contributed by atoms with Crippen molar-refractivity contribution in [1.82, 2.24) is 4.90 Å². The Labute approximate surface area is 162 Å². The van der Waals surface area contributed by atoms with E-state index in [2.05, 4.69) is 25.2 Å². The first kappa shape index (κ1) is 22.7. The lowest BCUT2D eigenvalue weighted by molar-refractivity contribution is -0.124. The zero-order chi connectivity index (χ0) is 18.7. The molecule has 0 saturated carbocycles. The third-order valence-corrected chi connectivity index (χ3v) is 5.04. The predicted molar refractivity (Wildman–Crippen MR) is 114 cm³/mol. The Hall–Kier alpha value is -1.31. The van der Waals surface area contributed by atoms with Crippen molar-refractivity contribution >= 4 is 5.91 Å². The number of hydrogen-bond donors (Lipinski definition) is 0. The molecule has 2 nitrogen and oxygen atoms in total. The average Bonchev–Trinajstić information content (AvgIpc) is 3.19. The number of carbonyl (C=O) groups is 1. The van der Waals surface area contributed by atoms with Gasteiger partial charge in [-0.1, -0.05) is 82.2 Å². The molecule has 0 radical (unpaired) electrons. The molecule has 0 spiro atoms. The molecule has 1 fully saturated rings. The van der Waals surface area contributed by atoms with E-state index in [-0.39, 0.29) is 5.91 Å². The summed E-state index contributed by atoms with van der Waals surface area (Å²) < 4.78 is 0. The summed E-state index contributed by atoms with van der Waals surface area (Å²) >= 11 is 0. The number of hydrogen-bond acceptors (Lipinski definition) is 1. The highest BCUT2D eigenvalue weighted by molar-refractivity contribution is 5.88. The van der Waals surface area contributed by atoms with Gasteiger partial charge < -0.3 is 4.90 Å². The lowest BCUT2D eigenvalue weighted by Gasteiger charge is -2.11. The monoisotopic (exact) mass is 359 g/mol. The zero-order valence-corrected chi connectivity index (χ0v) is 17.1. The minimum Gasteiger partial charge on any atom is -0.339 e. The Morgan fingerprint density at radius 3 is 1.88 bits per heavy atom. The minimum absolute atomic E-state index is 0.170. The van der Waals surface area contributed by atoms with Gasteiger partial charge in [0, 0.05) is 19.2 Å². The highest BCUT2D eigenvalue weighted by Gasteiger charge is 2.14. The van der Waals surface area contributed by atoms with Crippen LogP contribution in [-0.2, 0) is 4.79 Å². The molecule has 0 bridgehead atoms. The topological polar surface area (TPSA) is 20.3 Å². The second-order valence-corrected chi connectivity index (χ2v) is 7.49. The number of unbranched alkanes of at least 4 members (excludes halogenated alkanes) is 10. The maximum Gasteiger partial charge on any atom is 0.246 e. The summed E-state index contributed by atoms with van der Waals surface area (Å²) in [4.78, 5) is 13.7. The van der Waals surface area contributed by atoms with Crippen LogP contribution in [-0.4, -0.2) is 23.9 Å². The molecule has 1 amide bonds. The fourth-order valence-corrected chi connectivity index (χ4v) is 3.32. The van der Waals surface area contributed by atoms with E-state index in [1.807, 2.05) is 17.1 Å². The highest BCUT2D eigenvalue weighted by Crippen LogP contribution is 2.11. The van der Waals surface area contributed by atoms with Crippen LogP contribution in [0.4, 0.5) is 0 Å². The number of allylic oxidation sites excluding steroid dienone is 5. The molecule has 1 saturated heterocycles. The number of carbonyl (C=O) groups excluding carboxylic acids is 1. The van der Waals surface area contributed by atoms with E-state index in [4.69, 9.17) is 0 Å². The largest absolute Gasteiger partial charge is 0.339 e. The van der Waals surface area contributed by atoms with Crippen LogP contribution >= 0.6 is 0 Å². The summed E-state index contributed by atoms with van der Waals surface area (Å²) in [7, 11) is 0. The Kier molecular flexibility index (Phi) is 15.0. The van der Waals surface area contributed by atoms with Crippen molar-refractivity contribution in [2.45, 2.75) is 96.8 Å². The zero-order valence-electron chi connectivity index (χ0n) is 17.1. The Morgan fingerprint density at radius 1 is 0.731 bits per heavy atom. The van der Waals surface area contributed by atoms with E-state index in [1.165, 1.54) is 70.6 Å². The molecule has 1 heterocycles. The van der Waals surface area contributed by atoms with Crippen LogP contribution < -0.4 is 0 Å². The van der Waals surface area contributed by atoms with Gasteiger partial charge >= 0.3 is 0 Å². The van der Waals surface area contributed by atoms with Crippen LogP contribution in [0.3, 0.4) is 0 Å². The van der Waals surface area contributed by atoms with Gasteiger partial charge in [-0.3, -0.25) is 4.79 Å². The summed E-state index contributed by atoms with van der Waals surface area (Å²) in [5.74, 6) is 0.170. The van der Waals surface area contributed by atoms with Gasteiger partial charge in [-0.05, 0) is 44.9 Å². The van der Waals surface area contributed by atoms with Crippen molar-refractivity contribution in [2.75, 3.05) is 13.1 Å². The Morgan fingerprint density at radius 2 is 1.27 bits per heavy atom. The standard InChI is InChI=1S/C24H41NO/c1-2-3-4-5-6-7-8-9-10-11-12-13-14-15-16-17-18-21-24(26)25-22-19-20-23-25/h5-6,16-18,21H,2-4,7-15,19-20,22-23H2,1H3/b6-5-,17-16+,21-18+. The number of rotatable bonds is 15. The molecule has 0 aromatic rings. The van der Waals surface area contributed by atoms with Crippen LogP contribution in [0.1, 0.15) is 96.8 Å². The first-order valence-corrected chi connectivity index (χ1v) is 11.1. The van der Waals surface area contributed by atoms with Gasteiger partial charge in [0.2, 0.25) is 5.91 Å². The fraction of sp³-hybridized carbons (Fsp3) is 0.708. The van der Waals surface area contributed by atoms with E-state index in [1.54, 1.807) is 6.08 Å². The molecule has 0 unspecified atom stereocenters. The maximum atomic E-state index is 11.8. The van der Waals surface area contributed by atoms with Crippen LogP contribution in [0.15, 0.2) is 36.5 Å². The molecule has 2 heteroatoms. The average molecular weight is 360 g/mol. The van der Waals surface area contributed by atoms with Gasteiger partial charge in [-0.15, -0.1) is 0 Å². The Bertz CT molecular complexity index is 416.